The van der Waals surface area contributed by atoms with Gasteiger partial charge in [0.25, 0.3) is 0 Å². The number of halogens is 1. The molecule has 0 heterocycles. The van der Waals surface area contributed by atoms with E-state index in [1.54, 1.807) is 26.8 Å². The standard InChI is InChI=1S/C16H21FN2O4/c1-16(2,3)23-15(22)19-8-7-12(20)14(21)11-6-4-5-10(9-18)13(11)17/h4-6,12,14,20-21H,7-8H2,1-3H3,(H,19,22). The van der Waals surface area contributed by atoms with Crippen LogP contribution in [0.5, 0.6) is 0 Å². The lowest BCUT2D eigenvalue weighted by atomic mass is 9.99. The third-order valence-electron chi connectivity index (χ3n) is 2.94. The van der Waals surface area contributed by atoms with Gasteiger partial charge in [-0.3, -0.25) is 0 Å². The Bertz CT molecular complexity index is 593. The van der Waals surface area contributed by atoms with Crippen molar-refractivity contribution >= 4 is 6.09 Å². The van der Waals surface area contributed by atoms with Crippen LogP contribution in [0.25, 0.3) is 0 Å². The second-order valence-electron chi connectivity index (χ2n) is 6.05. The van der Waals surface area contributed by atoms with Gasteiger partial charge in [-0.1, -0.05) is 12.1 Å². The zero-order chi connectivity index (χ0) is 17.6. The monoisotopic (exact) mass is 324 g/mol. The van der Waals surface area contributed by atoms with Crippen molar-refractivity contribution in [3.63, 3.8) is 0 Å². The second-order valence-corrected chi connectivity index (χ2v) is 6.05. The van der Waals surface area contributed by atoms with Gasteiger partial charge in [0, 0.05) is 12.1 Å². The van der Waals surface area contributed by atoms with Crippen molar-refractivity contribution in [3.05, 3.63) is 35.1 Å². The van der Waals surface area contributed by atoms with Gasteiger partial charge in [-0.25, -0.2) is 9.18 Å². The number of alkyl carbamates (subject to hydrolysis) is 1. The van der Waals surface area contributed by atoms with Crippen LogP contribution in [0, 0.1) is 17.1 Å². The molecule has 0 aromatic heterocycles. The molecule has 0 aliphatic rings. The molecule has 1 amide bonds. The molecule has 126 valence electrons. The summed E-state index contributed by atoms with van der Waals surface area (Å²) in [7, 11) is 0. The number of amides is 1. The lowest BCUT2D eigenvalue weighted by molar-refractivity contribution is 0.0103. The first-order chi connectivity index (χ1) is 10.7. The number of aliphatic hydroxyl groups is 2. The Kier molecular flexibility index (Phi) is 6.49. The maximum atomic E-state index is 13.9. The van der Waals surface area contributed by atoms with E-state index < -0.39 is 29.7 Å². The van der Waals surface area contributed by atoms with E-state index in [-0.39, 0.29) is 24.1 Å². The molecule has 0 bridgehead atoms. The number of benzene rings is 1. The first kappa shape index (κ1) is 18.9. The smallest absolute Gasteiger partial charge is 0.407 e. The molecule has 7 heteroatoms. The SMILES string of the molecule is CC(C)(C)OC(=O)NCCC(O)C(O)c1cccc(C#N)c1F. The van der Waals surface area contributed by atoms with Crippen LogP contribution in [0.15, 0.2) is 18.2 Å². The molecule has 23 heavy (non-hydrogen) atoms. The molecule has 1 rings (SSSR count). The predicted molar refractivity (Wildman–Crippen MR) is 80.9 cm³/mol. The van der Waals surface area contributed by atoms with Crippen LogP contribution < -0.4 is 5.32 Å². The number of carbonyl (C=O) groups excluding carboxylic acids is 1. The Labute approximate surface area is 134 Å². The van der Waals surface area contributed by atoms with E-state index in [0.717, 1.165) is 0 Å². The topological polar surface area (TPSA) is 103 Å². The van der Waals surface area contributed by atoms with E-state index in [0.29, 0.717) is 0 Å². The number of hydrogen-bond donors (Lipinski definition) is 3. The number of nitriles is 1. The lowest BCUT2D eigenvalue weighted by Gasteiger charge is -2.21. The van der Waals surface area contributed by atoms with Gasteiger partial charge in [0.1, 0.15) is 23.6 Å². The summed E-state index contributed by atoms with van der Waals surface area (Å²) in [5.41, 5.74) is -1.00. The van der Waals surface area contributed by atoms with Crippen LogP contribution in [0.1, 0.15) is 44.4 Å². The summed E-state index contributed by atoms with van der Waals surface area (Å²) < 4.78 is 19.0. The largest absolute Gasteiger partial charge is 0.444 e. The Balaban J connectivity index is 2.57. The van der Waals surface area contributed by atoms with Gasteiger partial charge in [0.05, 0.1) is 11.7 Å². The summed E-state index contributed by atoms with van der Waals surface area (Å²) >= 11 is 0. The fourth-order valence-corrected chi connectivity index (χ4v) is 1.87. The van der Waals surface area contributed by atoms with Crippen LogP contribution in [0.3, 0.4) is 0 Å². The van der Waals surface area contributed by atoms with Gasteiger partial charge >= 0.3 is 6.09 Å². The molecule has 0 aliphatic carbocycles. The lowest BCUT2D eigenvalue weighted by Crippen LogP contribution is -2.34. The van der Waals surface area contributed by atoms with Gasteiger partial charge in [-0.15, -0.1) is 0 Å². The number of nitrogens with zero attached hydrogens (tertiary/aromatic N) is 1. The second kappa shape index (κ2) is 7.90. The van der Waals surface area contributed by atoms with E-state index in [1.807, 2.05) is 0 Å². The van der Waals surface area contributed by atoms with Crippen molar-refractivity contribution in [1.29, 1.82) is 5.26 Å². The summed E-state index contributed by atoms with van der Waals surface area (Å²) in [5.74, 6) is -0.860. The maximum Gasteiger partial charge on any atom is 0.407 e. The van der Waals surface area contributed by atoms with E-state index in [9.17, 15) is 19.4 Å². The molecule has 0 radical (unpaired) electrons. The summed E-state index contributed by atoms with van der Waals surface area (Å²) in [6.07, 6.45) is -3.44. The molecule has 0 aliphatic heterocycles. The molecule has 0 saturated heterocycles. The van der Waals surface area contributed by atoms with E-state index >= 15 is 0 Å². The highest BCUT2D eigenvalue weighted by atomic mass is 19.1. The van der Waals surface area contributed by atoms with E-state index in [4.69, 9.17) is 10.00 Å². The molecular formula is C16H21FN2O4. The number of carbonyl (C=O) groups is 1. The quantitative estimate of drug-likeness (QED) is 0.769. The highest BCUT2D eigenvalue weighted by Gasteiger charge is 2.23. The van der Waals surface area contributed by atoms with Crippen LogP contribution >= 0.6 is 0 Å². The van der Waals surface area contributed by atoms with Crippen LogP contribution in [0.4, 0.5) is 9.18 Å². The highest BCUT2D eigenvalue weighted by molar-refractivity contribution is 5.67. The Morgan fingerprint density at radius 1 is 1.43 bits per heavy atom. The minimum atomic E-state index is -1.50. The van der Waals surface area contributed by atoms with Crippen molar-refractivity contribution in [2.24, 2.45) is 0 Å². The van der Waals surface area contributed by atoms with Crippen LogP contribution in [0.2, 0.25) is 0 Å². The van der Waals surface area contributed by atoms with Gasteiger partial charge in [-0.05, 0) is 33.3 Å². The third-order valence-corrected chi connectivity index (χ3v) is 2.94. The van der Waals surface area contributed by atoms with Gasteiger partial charge in [-0.2, -0.15) is 5.26 Å². The van der Waals surface area contributed by atoms with Crippen molar-refractivity contribution in [3.8, 4) is 6.07 Å². The summed E-state index contributed by atoms with van der Waals surface area (Å²) in [4.78, 5) is 11.4. The summed E-state index contributed by atoms with van der Waals surface area (Å²) in [5, 5.41) is 31.1. The third kappa shape index (κ3) is 5.85. The molecule has 0 spiro atoms. The van der Waals surface area contributed by atoms with E-state index in [1.165, 1.54) is 18.2 Å². The van der Waals surface area contributed by atoms with Crippen molar-refractivity contribution in [2.45, 2.75) is 45.0 Å². The summed E-state index contributed by atoms with van der Waals surface area (Å²) in [6, 6.07) is 5.67. The molecule has 2 atom stereocenters. The zero-order valence-corrected chi connectivity index (χ0v) is 13.3. The first-order valence-corrected chi connectivity index (χ1v) is 7.17. The van der Waals surface area contributed by atoms with E-state index in [2.05, 4.69) is 5.32 Å². The average Bonchev–Trinajstić information content (AvgIpc) is 2.44. The van der Waals surface area contributed by atoms with Crippen molar-refractivity contribution in [1.82, 2.24) is 5.32 Å². The number of ether oxygens (including phenoxy) is 1. The van der Waals surface area contributed by atoms with Gasteiger partial charge < -0.3 is 20.3 Å². The molecule has 1 aromatic rings. The number of rotatable bonds is 5. The molecule has 1 aromatic carbocycles. The number of aliphatic hydroxyl groups excluding tert-OH is 2. The molecule has 2 unspecified atom stereocenters. The summed E-state index contributed by atoms with van der Waals surface area (Å²) in [6.45, 7) is 5.20. The Hall–Kier alpha value is -2.17. The normalized spacial score (nSPS) is 13.8. The molecule has 6 nitrogen and oxygen atoms in total. The Morgan fingerprint density at radius 3 is 2.65 bits per heavy atom. The highest BCUT2D eigenvalue weighted by Crippen LogP contribution is 2.23. The van der Waals surface area contributed by atoms with Crippen LogP contribution in [-0.4, -0.2) is 34.6 Å². The number of nitrogens with one attached hydrogen (secondary N) is 1. The molecule has 0 fully saturated rings. The van der Waals surface area contributed by atoms with Crippen molar-refractivity contribution in [2.75, 3.05) is 6.54 Å². The maximum absolute atomic E-state index is 13.9. The molecule has 3 N–H and O–H groups in total. The molecule has 0 saturated carbocycles. The zero-order valence-electron chi connectivity index (χ0n) is 13.3. The van der Waals surface area contributed by atoms with Crippen molar-refractivity contribution < 1.29 is 24.1 Å². The minimum absolute atomic E-state index is 0.00334. The average molecular weight is 324 g/mol. The number of hydrogen-bond acceptors (Lipinski definition) is 5. The fourth-order valence-electron chi connectivity index (χ4n) is 1.87. The van der Waals surface area contributed by atoms with Gasteiger partial charge in [0.2, 0.25) is 0 Å². The predicted octanol–water partition coefficient (Wildman–Crippen LogP) is 2.01. The minimum Gasteiger partial charge on any atom is -0.444 e. The van der Waals surface area contributed by atoms with Crippen LogP contribution in [-0.2, 0) is 4.74 Å². The molecular weight excluding hydrogens is 303 g/mol. The van der Waals surface area contributed by atoms with Gasteiger partial charge in [0.15, 0.2) is 0 Å². The fraction of sp³-hybridized carbons (Fsp3) is 0.500. The Morgan fingerprint density at radius 2 is 2.09 bits per heavy atom. The first-order valence-electron chi connectivity index (χ1n) is 7.17.